The van der Waals surface area contributed by atoms with Crippen LogP contribution in [0.1, 0.15) is 18.9 Å². The van der Waals surface area contributed by atoms with E-state index >= 15 is 0 Å². The standard InChI is InChI=1S/C11H15FN2S/c1-3-6-13-11(15)14-10-7-9(12)5-4-8(10)2/h4-5,7H,3,6H2,1-2H3,(H2,13,14,15). The monoisotopic (exact) mass is 226 g/mol. The number of halogens is 1. The Morgan fingerprint density at radius 1 is 1.47 bits per heavy atom. The molecule has 0 spiro atoms. The van der Waals surface area contributed by atoms with Crippen LogP contribution in [0.25, 0.3) is 0 Å². The number of aryl methyl sites for hydroxylation is 1. The van der Waals surface area contributed by atoms with E-state index in [2.05, 4.69) is 17.6 Å². The smallest absolute Gasteiger partial charge is 0.170 e. The minimum atomic E-state index is -0.263. The zero-order chi connectivity index (χ0) is 11.3. The lowest BCUT2D eigenvalue weighted by Gasteiger charge is -2.11. The number of rotatable bonds is 3. The van der Waals surface area contributed by atoms with E-state index in [-0.39, 0.29) is 5.82 Å². The highest BCUT2D eigenvalue weighted by atomic mass is 32.1. The van der Waals surface area contributed by atoms with Crippen molar-refractivity contribution in [3.63, 3.8) is 0 Å². The Balaban J connectivity index is 2.63. The van der Waals surface area contributed by atoms with Crippen molar-refractivity contribution < 1.29 is 4.39 Å². The van der Waals surface area contributed by atoms with Gasteiger partial charge in [0.15, 0.2) is 5.11 Å². The summed E-state index contributed by atoms with van der Waals surface area (Å²) in [7, 11) is 0. The summed E-state index contributed by atoms with van der Waals surface area (Å²) < 4.78 is 12.9. The van der Waals surface area contributed by atoms with Gasteiger partial charge in [-0.15, -0.1) is 0 Å². The highest BCUT2D eigenvalue weighted by Crippen LogP contribution is 2.15. The SMILES string of the molecule is CCCNC(=S)Nc1cc(F)ccc1C. The summed E-state index contributed by atoms with van der Waals surface area (Å²) in [5, 5.41) is 6.52. The number of nitrogens with one attached hydrogen (secondary N) is 2. The van der Waals surface area contributed by atoms with Crippen LogP contribution >= 0.6 is 12.2 Å². The van der Waals surface area contributed by atoms with Crippen LogP contribution in [-0.2, 0) is 0 Å². The van der Waals surface area contributed by atoms with Crippen LogP contribution in [0.3, 0.4) is 0 Å². The molecule has 0 aliphatic rings. The Labute approximate surface area is 94.9 Å². The fourth-order valence-corrected chi connectivity index (χ4v) is 1.35. The minimum absolute atomic E-state index is 0.263. The molecule has 1 aromatic rings. The molecule has 0 unspecified atom stereocenters. The third-order valence-electron chi connectivity index (χ3n) is 1.98. The molecular weight excluding hydrogens is 211 g/mol. The van der Waals surface area contributed by atoms with E-state index in [0.29, 0.717) is 10.8 Å². The van der Waals surface area contributed by atoms with Crippen LogP contribution in [0, 0.1) is 12.7 Å². The summed E-state index contributed by atoms with van der Waals surface area (Å²) in [6.45, 7) is 4.79. The number of hydrogen-bond donors (Lipinski definition) is 2. The normalized spacial score (nSPS) is 9.80. The van der Waals surface area contributed by atoms with Gasteiger partial charge in [0, 0.05) is 12.2 Å². The molecule has 1 rings (SSSR count). The van der Waals surface area contributed by atoms with Crippen molar-refractivity contribution in [3.8, 4) is 0 Å². The van der Waals surface area contributed by atoms with E-state index in [1.165, 1.54) is 12.1 Å². The molecule has 0 radical (unpaired) electrons. The third-order valence-corrected chi connectivity index (χ3v) is 2.23. The first-order chi connectivity index (χ1) is 7.13. The van der Waals surface area contributed by atoms with Crippen molar-refractivity contribution in [1.29, 1.82) is 0 Å². The molecule has 0 saturated carbocycles. The molecule has 2 N–H and O–H groups in total. The van der Waals surface area contributed by atoms with E-state index < -0.39 is 0 Å². The van der Waals surface area contributed by atoms with Crippen LogP contribution in [-0.4, -0.2) is 11.7 Å². The Bertz CT molecular complexity index is 352. The molecule has 0 amide bonds. The Hall–Kier alpha value is -1.16. The predicted molar refractivity (Wildman–Crippen MR) is 65.7 cm³/mol. The Kier molecular flexibility index (Phi) is 4.49. The second kappa shape index (κ2) is 5.66. The molecule has 82 valence electrons. The van der Waals surface area contributed by atoms with Crippen LogP contribution in [0.4, 0.5) is 10.1 Å². The molecule has 0 heterocycles. The summed E-state index contributed by atoms with van der Waals surface area (Å²) in [4.78, 5) is 0. The second-order valence-corrected chi connectivity index (χ2v) is 3.75. The van der Waals surface area contributed by atoms with Crippen LogP contribution in [0.2, 0.25) is 0 Å². The van der Waals surface area contributed by atoms with Crippen LogP contribution < -0.4 is 10.6 Å². The lowest BCUT2D eigenvalue weighted by Crippen LogP contribution is -2.29. The van der Waals surface area contributed by atoms with Crippen molar-refractivity contribution in [2.45, 2.75) is 20.3 Å². The third kappa shape index (κ3) is 3.83. The van der Waals surface area contributed by atoms with E-state index in [4.69, 9.17) is 12.2 Å². The lowest BCUT2D eigenvalue weighted by atomic mass is 10.2. The van der Waals surface area contributed by atoms with Gasteiger partial charge in [0.2, 0.25) is 0 Å². The molecule has 4 heteroatoms. The zero-order valence-corrected chi connectivity index (χ0v) is 9.75. The molecule has 0 atom stereocenters. The van der Waals surface area contributed by atoms with Gasteiger partial charge < -0.3 is 10.6 Å². The molecule has 15 heavy (non-hydrogen) atoms. The Morgan fingerprint density at radius 2 is 2.20 bits per heavy atom. The largest absolute Gasteiger partial charge is 0.362 e. The minimum Gasteiger partial charge on any atom is -0.362 e. The number of thiocarbonyl (C=S) groups is 1. The maximum atomic E-state index is 12.9. The van der Waals surface area contributed by atoms with Crippen LogP contribution in [0.15, 0.2) is 18.2 Å². The second-order valence-electron chi connectivity index (χ2n) is 3.34. The molecule has 2 nitrogen and oxygen atoms in total. The van der Waals surface area contributed by atoms with Crippen LogP contribution in [0.5, 0.6) is 0 Å². The fraction of sp³-hybridized carbons (Fsp3) is 0.364. The maximum absolute atomic E-state index is 12.9. The van der Waals surface area contributed by atoms with Gasteiger partial charge in [0.05, 0.1) is 0 Å². The summed E-state index contributed by atoms with van der Waals surface area (Å²) in [5.74, 6) is -0.263. The molecule has 0 fully saturated rings. The van der Waals surface area contributed by atoms with Gasteiger partial charge in [-0.2, -0.15) is 0 Å². The first-order valence-corrected chi connectivity index (χ1v) is 5.35. The van der Waals surface area contributed by atoms with Gasteiger partial charge in [0.25, 0.3) is 0 Å². The lowest BCUT2D eigenvalue weighted by molar-refractivity contribution is 0.628. The van der Waals surface area contributed by atoms with Gasteiger partial charge >= 0.3 is 0 Å². The Morgan fingerprint density at radius 3 is 2.87 bits per heavy atom. The highest BCUT2D eigenvalue weighted by molar-refractivity contribution is 7.80. The van der Waals surface area contributed by atoms with E-state index in [0.717, 1.165) is 18.5 Å². The van der Waals surface area contributed by atoms with E-state index in [9.17, 15) is 4.39 Å². The maximum Gasteiger partial charge on any atom is 0.170 e. The zero-order valence-electron chi connectivity index (χ0n) is 8.93. The molecule has 0 aromatic heterocycles. The van der Waals surface area contributed by atoms with Gasteiger partial charge in [-0.05, 0) is 43.3 Å². The molecule has 0 saturated heterocycles. The molecule has 0 bridgehead atoms. The first kappa shape index (κ1) is 11.9. The van der Waals surface area contributed by atoms with Crippen molar-refractivity contribution in [2.24, 2.45) is 0 Å². The van der Waals surface area contributed by atoms with Gasteiger partial charge in [-0.25, -0.2) is 4.39 Å². The van der Waals surface area contributed by atoms with E-state index in [1.54, 1.807) is 6.07 Å². The van der Waals surface area contributed by atoms with Crippen molar-refractivity contribution in [3.05, 3.63) is 29.6 Å². The van der Waals surface area contributed by atoms with Gasteiger partial charge in [0.1, 0.15) is 5.82 Å². The number of anilines is 1. The molecule has 0 aliphatic heterocycles. The predicted octanol–water partition coefficient (Wildman–Crippen LogP) is 2.83. The topological polar surface area (TPSA) is 24.1 Å². The van der Waals surface area contributed by atoms with Gasteiger partial charge in [-0.3, -0.25) is 0 Å². The molecule has 0 aliphatic carbocycles. The fourth-order valence-electron chi connectivity index (χ4n) is 1.13. The number of hydrogen-bond acceptors (Lipinski definition) is 1. The van der Waals surface area contributed by atoms with Crippen molar-refractivity contribution in [1.82, 2.24) is 5.32 Å². The van der Waals surface area contributed by atoms with Gasteiger partial charge in [-0.1, -0.05) is 13.0 Å². The summed E-state index contributed by atoms with van der Waals surface area (Å²) in [6.07, 6.45) is 1.00. The van der Waals surface area contributed by atoms with Crippen molar-refractivity contribution >= 4 is 23.0 Å². The highest BCUT2D eigenvalue weighted by Gasteiger charge is 2.01. The van der Waals surface area contributed by atoms with Crippen molar-refractivity contribution in [2.75, 3.05) is 11.9 Å². The molecule has 1 aromatic carbocycles. The quantitative estimate of drug-likeness (QED) is 0.775. The summed E-state index contributed by atoms with van der Waals surface area (Å²) >= 11 is 5.06. The summed E-state index contributed by atoms with van der Waals surface area (Å²) in [5.41, 5.74) is 1.68. The first-order valence-electron chi connectivity index (χ1n) is 4.94. The average molecular weight is 226 g/mol. The average Bonchev–Trinajstić information content (AvgIpc) is 2.20. The number of benzene rings is 1. The molecular formula is C11H15FN2S. The summed E-state index contributed by atoms with van der Waals surface area (Å²) in [6, 6.07) is 4.60. The van der Waals surface area contributed by atoms with E-state index in [1.807, 2.05) is 6.92 Å².